The standard InChI is InChI=1S/C20H25N3O4/c1-4-25-19-12-16(13-22-23-20(21)24)6-8-18(19)27-10-9-26-17-7-5-14(2)15(3)11-17/h5-8,11-13H,4,9-10H2,1-3H3,(H3,21,23,24)/b22-13-. The largest absolute Gasteiger partial charge is 0.490 e. The van der Waals surface area contributed by atoms with E-state index in [0.29, 0.717) is 31.3 Å². The van der Waals surface area contributed by atoms with Gasteiger partial charge < -0.3 is 19.9 Å². The molecule has 0 aromatic heterocycles. The maximum Gasteiger partial charge on any atom is 0.332 e. The lowest BCUT2D eigenvalue weighted by atomic mass is 10.1. The first-order valence-corrected chi connectivity index (χ1v) is 8.67. The molecule has 27 heavy (non-hydrogen) atoms. The Balaban J connectivity index is 1.93. The molecular formula is C20H25N3O4. The quantitative estimate of drug-likeness (QED) is 0.402. The highest BCUT2D eigenvalue weighted by atomic mass is 16.5. The van der Waals surface area contributed by atoms with E-state index in [1.54, 1.807) is 18.2 Å². The zero-order chi connectivity index (χ0) is 19.6. The Labute approximate surface area is 159 Å². The fourth-order valence-electron chi connectivity index (χ4n) is 2.28. The molecule has 0 spiro atoms. The van der Waals surface area contributed by atoms with Crippen LogP contribution in [0.4, 0.5) is 4.79 Å². The van der Waals surface area contributed by atoms with E-state index in [-0.39, 0.29) is 0 Å². The van der Waals surface area contributed by atoms with Gasteiger partial charge in [-0.2, -0.15) is 5.10 Å². The first-order valence-electron chi connectivity index (χ1n) is 8.67. The second-order valence-electron chi connectivity index (χ2n) is 5.82. The Morgan fingerprint density at radius 2 is 1.81 bits per heavy atom. The van der Waals surface area contributed by atoms with E-state index in [2.05, 4.69) is 24.4 Å². The van der Waals surface area contributed by atoms with Gasteiger partial charge in [-0.1, -0.05) is 6.07 Å². The van der Waals surface area contributed by atoms with Crippen LogP contribution >= 0.6 is 0 Å². The number of nitrogens with two attached hydrogens (primary N) is 1. The number of nitrogens with one attached hydrogen (secondary N) is 1. The van der Waals surface area contributed by atoms with Gasteiger partial charge in [0.25, 0.3) is 0 Å². The van der Waals surface area contributed by atoms with Crippen molar-refractivity contribution in [2.45, 2.75) is 20.8 Å². The van der Waals surface area contributed by atoms with Gasteiger partial charge >= 0.3 is 6.03 Å². The van der Waals surface area contributed by atoms with Gasteiger partial charge in [-0.25, -0.2) is 10.2 Å². The fourth-order valence-corrected chi connectivity index (χ4v) is 2.28. The lowest BCUT2D eigenvalue weighted by molar-refractivity contribution is 0.208. The van der Waals surface area contributed by atoms with Crippen LogP contribution in [0.15, 0.2) is 41.5 Å². The molecule has 0 atom stereocenters. The molecule has 7 heteroatoms. The molecule has 0 aliphatic rings. The van der Waals surface area contributed by atoms with E-state index in [0.717, 1.165) is 11.3 Å². The third kappa shape index (κ3) is 6.54. The van der Waals surface area contributed by atoms with Gasteiger partial charge in [0.1, 0.15) is 19.0 Å². The highest BCUT2D eigenvalue weighted by Gasteiger charge is 2.06. The third-order valence-corrected chi connectivity index (χ3v) is 3.74. The summed E-state index contributed by atoms with van der Waals surface area (Å²) in [6.07, 6.45) is 1.47. The van der Waals surface area contributed by atoms with Gasteiger partial charge in [0.2, 0.25) is 0 Å². The van der Waals surface area contributed by atoms with Gasteiger partial charge in [0.05, 0.1) is 12.8 Å². The van der Waals surface area contributed by atoms with Gasteiger partial charge in [-0.15, -0.1) is 0 Å². The van der Waals surface area contributed by atoms with Crippen LogP contribution in [-0.2, 0) is 0 Å². The van der Waals surface area contributed by atoms with Crippen molar-refractivity contribution in [1.82, 2.24) is 5.43 Å². The summed E-state index contributed by atoms with van der Waals surface area (Å²) < 4.78 is 17.1. The first-order chi connectivity index (χ1) is 13.0. The average molecular weight is 371 g/mol. The molecule has 0 aliphatic carbocycles. The van der Waals surface area contributed by atoms with Crippen molar-refractivity contribution >= 4 is 12.2 Å². The van der Waals surface area contributed by atoms with E-state index in [1.165, 1.54) is 17.3 Å². The molecule has 7 nitrogen and oxygen atoms in total. The molecule has 0 radical (unpaired) electrons. The number of carbonyl (C=O) groups excluding carboxylic acids is 1. The molecule has 0 saturated carbocycles. The van der Waals surface area contributed by atoms with Crippen molar-refractivity contribution in [3.05, 3.63) is 53.1 Å². The zero-order valence-electron chi connectivity index (χ0n) is 15.8. The highest BCUT2D eigenvalue weighted by molar-refractivity contribution is 5.82. The van der Waals surface area contributed by atoms with Crippen molar-refractivity contribution in [2.75, 3.05) is 19.8 Å². The average Bonchev–Trinajstić information content (AvgIpc) is 2.63. The van der Waals surface area contributed by atoms with Crippen molar-refractivity contribution in [3.63, 3.8) is 0 Å². The summed E-state index contributed by atoms with van der Waals surface area (Å²) in [4.78, 5) is 10.6. The third-order valence-electron chi connectivity index (χ3n) is 3.74. The molecule has 2 amide bonds. The molecule has 0 heterocycles. The normalized spacial score (nSPS) is 10.6. The summed E-state index contributed by atoms with van der Waals surface area (Å²) in [6, 6.07) is 10.6. The second kappa shape index (κ2) is 10.1. The second-order valence-corrected chi connectivity index (χ2v) is 5.82. The number of primary amides is 1. The fraction of sp³-hybridized carbons (Fsp3) is 0.300. The Bertz CT molecular complexity index is 806. The molecule has 0 fully saturated rings. The van der Waals surface area contributed by atoms with Crippen LogP contribution in [0.1, 0.15) is 23.6 Å². The highest BCUT2D eigenvalue weighted by Crippen LogP contribution is 2.28. The summed E-state index contributed by atoms with van der Waals surface area (Å²) in [7, 11) is 0. The maximum absolute atomic E-state index is 10.6. The van der Waals surface area contributed by atoms with Crippen LogP contribution in [0.25, 0.3) is 0 Å². The van der Waals surface area contributed by atoms with Crippen molar-refractivity contribution < 1.29 is 19.0 Å². The van der Waals surface area contributed by atoms with Crippen LogP contribution in [0.3, 0.4) is 0 Å². The van der Waals surface area contributed by atoms with Gasteiger partial charge in [-0.05, 0) is 67.8 Å². The lowest BCUT2D eigenvalue weighted by Gasteiger charge is -2.13. The number of benzene rings is 2. The van der Waals surface area contributed by atoms with E-state index in [1.807, 2.05) is 25.1 Å². The summed E-state index contributed by atoms with van der Waals surface area (Å²) in [5, 5.41) is 3.73. The Kier molecular flexibility index (Phi) is 7.49. The SMILES string of the molecule is CCOc1cc(/C=N\NC(N)=O)ccc1OCCOc1ccc(C)c(C)c1. The van der Waals surface area contributed by atoms with Gasteiger partial charge in [-0.3, -0.25) is 0 Å². The van der Waals surface area contributed by atoms with E-state index < -0.39 is 6.03 Å². The maximum atomic E-state index is 10.6. The predicted octanol–water partition coefficient (Wildman–Crippen LogP) is 3.16. The zero-order valence-corrected chi connectivity index (χ0v) is 15.8. The molecule has 0 saturated heterocycles. The number of ether oxygens (including phenoxy) is 3. The number of rotatable bonds is 9. The molecule has 0 unspecified atom stereocenters. The number of hydrogen-bond donors (Lipinski definition) is 2. The van der Waals surface area contributed by atoms with Gasteiger partial charge in [0, 0.05) is 0 Å². The summed E-state index contributed by atoms with van der Waals surface area (Å²) in [5.74, 6) is 2.02. The molecule has 2 rings (SSSR count). The Hall–Kier alpha value is -3.22. The predicted molar refractivity (Wildman–Crippen MR) is 105 cm³/mol. The van der Waals surface area contributed by atoms with Crippen molar-refractivity contribution in [2.24, 2.45) is 10.8 Å². The number of aryl methyl sites for hydroxylation is 2. The number of hydrazone groups is 1. The number of nitrogens with zero attached hydrogens (tertiary/aromatic N) is 1. The number of amides is 2. The van der Waals surface area contributed by atoms with Crippen LogP contribution in [0.5, 0.6) is 17.2 Å². The summed E-state index contributed by atoms with van der Waals surface area (Å²) >= 11 is 0. The summed E-state index contributed by atoms with van der Waals surface area (Å²) in [6.45, 7) is 7.30. The van der Waals surface area contributed by atoms with Crippen LogP contribution in [0.2, 0.25) is 0 Å². The minimum Gasteiger partial charge on any atom is -0.490 e. The minimum atomic E-state index is -0.722. The van der Waals surface area contributed by atoms with Gasteiger partial charge in [0.15, 0.2) is 11.5 Å². The number of carbonyl (C=O) groups is 1. The van der Waals surface area contributed by atoms with E-state index >= 15 is 0 Å². The minimum absolute atomic E-state index is 0.379. The van der Waals surface area contributed by atoms with Crippen LogP contribution in [0, 0.1) is 13.8 Å². The number of urea groups is 1. The first kappa shape index (κ1) is 20.1. The van der Waals surface area contributed by atoms with E-state index in [9.17, 15) is 4.79 Å². The number of hydrogen-bond acceptors (Lipinski definition) is 5. The Morgan fingerprint density at radius 3 is 2.52 bits per heavy atom. The van der Waals surface area contributed by atoms with E-state index in [4.69, 9.17) is 19.9 Å². The smallest absolute Gasteiger partial charge is 0.332 e. The Morgan fingerprint density at radius 1 is 1.04 bits per heavy atom. The van der Waals surface area contributed by atoms with Crippen LogP contribution in [-0.4, -0.2) is 32.1 Å². The topological polar surface area (TPSA) is 95.2 Å². The van der Waals surface area contributed by atoms with Crippen LogP contribution < -0.4 is 25.4 Å². The lowest BCUT2D eigenvalue weighted by Crippen LogP contribution is -2.24. The van der Waals surface area contributed by atoms with Crippen molar-refractivity contribution in [3.8, 4) is 17.2 Å². The summed E-state index contributed by atoms with van der Waals surface area (Å²) in [5.41, 5.74) is 10.3. The monoisotopic (exact) mass is 371 g/mol. The molecule has 2 aromatic carbocycles. The molecule has 0 bridgehead atoms. The molecule has 144 valence electrons. The van der Waals surface area contributed by atoms with Crippen molar-refractivity contribution in [1.29, 1.82) is 0 Å². The molecule has 3 N–H and O–H groups in total. The molecular weight excluding hydrogens is 346 g/mol. The molecule has 0 aliphatic heterocycles. The molecule has 2 aromatic rings.